The van der Waals surface area contributed by atoms with Crippen molar-refractivity contribution in [2.24, 2.45) is 11.8 Å². The van der Waals surface area contributed by atoms with Crippen LogP contribution in [0.2, 0.25) is 0 Å². The molecule has 1 aliphatic rings. The molecule has 3 N–H and O–H groups in total. The Balaban J connectivity index is 1.90. The number of anilines is 2. The highest BCUT2D eigenvalue weighted by atomic mass is 16.1. The number of allylic oxidation sites excluding steroid dienone is 3. The van der Waals surface area contributed by atoms with E-state index >= 15 is 0 Å². The minimum Gasteiger partial charge on any atom is -0.397 e. The van der Waals surface area contributed by atoms with Gasteiger partial charge in [-0.1, -0.05) is 56.0 Å². The fourth-order valence-electron chi connectivity index (χ4n) is 3.28. The topological polar surface area (TPSA) is 72.2 Å². The summed E-state index contributed by atoms with van der Waals surface area (Å²) in [5.41, 5.74) is 7.84. The molecule has 1 saturated carbocycles. The quantitative estimate of drug-likeness (QED) is 0.455. The Labute approximate surface area is 150 Å². The second kappa shape index (κ2) is 9.21. The molecule has 0 heterocycles. The number of nitrogens with one attached hydrogen (secondary N) is 1. The molecule has 4 heteroatoms. The highest BCUT2D eigenvalue weighted by Crippen LogP contribution is 2.27. The van der Waals surface area contributed by atoms with Crippen molar-refractivity contribution in [1.29, 1.82) is 0 Å². The van der Waals surface area contributed by atoms with Crippen molar-refractivity contribution >= 4 is 23.1 Å². The van der Waals surface area contributed by atoms with Gasteiger partial charge in [0.2, 0.25) is 5.91 Å². The average molecular weight is 340 g/mol. The van der Waals surface area contributed by atoms with Gasteiger partial charge in [0.05, 0.1) is 11.4 Å². The van der Waals surface area contributed by atoms with Gasteiger partial charge < -0.3 is 11.1 Å². The third-order valence-corrected chi connectivity index (χ3v) is 4.69. The molecule has 1 aromatic rings. The van der Waals surface area contributed by atoms with Crippen LogP contribution >= 0.6 is 0 Å². The summed E-state index contributed by atoms with van der Waals surface area (Å²) in [6.07, 6.45) is 10.8. The Hall–Kier alpha value is -2.36. The van der Waals surface area contributed by atoms with E-state index in [0.717, 1.165) is 31.3 Å². The van der Waals surface area contributed by atoms with Crippen LogP contribution in [0.25, 0.3) is 0 Å². The van der Waals surface area contributed by atoms with Crippen LogP contribution in [-0.4, -0.2) is 11.7 Å². The Morgan fingerprint density at radius 2 is 1.84 bits per heavy atom. The van der Waals surface area contributed by atoms with E-state index in [2.05, 4.69) is 5.32 Å². The first-order valence-corrected chi connectivity index (χ1v) is 9.03. The minimum atomic E-state index is -0.239. The summed E-state index contributed by atoms with van der Waals surface area (Å²) in [6.45, 7) is 3.85. The van der Waals surface area contributed by atoms with Gasteiger partial charge in [-0.05, 0) is 31.9 Å². The van der Waals surface area contributed by atoms with Crippen LogP contribution < -0.4 is 11.1 Å². The van der Waals surface area contributed by atoms with Crippen molar-refractivity contribution in [2.75, 3.05) is 11.1 Å². The Bertz CT molecular complexity index is 670. The molecular formula is C21H28N2O2. The van der Waals surface area contributed by atoms with E-state index in [0.29, 0.717) is 17.2 Å². The first kappa shape index (κ1) is 19.0. The third kappa shape index (κ3) is 5.89. The molecule has 1 unspecified atom stereocenters. The van der Waals surface area contributed by atoms with Gasteiger partial charge in [0.25, 0.3) is 0 Å². The van der Waals surface area contributed by atoms with E-state index < -0.39 is 0 Å². The molecule has 0 radical (unpaired) electrons. The van der Waals surface area contributed by atoms with E-state index in [1.165, 1.54) is 12.5 Å². The number of hydrogen-bond acceptors (Lipinski definition) is 3. The van der Waals surface area contributed by atoms with Crippen LogP contribution in [0, 0.1) is 11.8 Å². The molecule has 4 nitrogen and oxygen atoms in total. The molecule has 1 atom stereocenters. The normalized spacial score (nSPS) is 17.4. The largest absolute Gasteiger partial charge is 0.397 e. The molecule has 1 aromatic carbocycles. The molecule has 25 heavy (non-hydrogen) atoms. The Morgan fingerprint density at radius 1 is 1.16 bits per heavy atom. The van der Waals surface area contributed by atoms with Gasteiger partial charge >= 0.3 is 0 Å². The number of rotatable bonds is 6. The first-order chi connectivity index (χ1) is 12.0. The number of Topliss-reactive ketones (excluding diaryl/α,β-unsaturated/α-hetero) is 1. The van der Waals surface area contributed by atoms with E-state index in [1.54, 1.807) is 18.2 Å². The second-order valence-electron chi connectivity index (χ2n) is 6.85. The van der Waals surface area contributed by atoms with Crippen molar-refractivity contribution in [2.45, 2.75) is 46.0 Å². The zero-order valence-corrected chi connectivity index (χ0v) is 15.1. The van der Waals surface area contributed by atoms with Gasteiger partial charge in [0, 0.05) is 17.9 Å². The van der Waals surface area contributed by atoms with Crippen molar-refractivity contribution < 1.29 is 9.59 Å². The number of para-hydroxylation sites is 2. The third-order valence-electron chi connectivity index (χ3n) is 4.69. The van der Waals surface area contributed by atoms with E-state index in [9.17, 15) is 9.59 Å². The lowest BCUT2D eigenvalue weighted by Gasteiger charge is -2.22. The standard InChI is InChI=1S/C21H28N2O2/c1-15(14-16(2)21(25)17-8-4-3-5-9-17)12-13-20(24)23-19-11-7-6-10-18(19)22/h6-7,10-14,16-17H,3-5,8-9,22H2,1-2H3,(H,23,24)/b13-12+,15-14+. The van der Waals surface area contributed by atoms with Gasteiger partial charge in [0.15, 0.2) is 0 Å². The predicted molar refractivity (Wildman–Crippen MR) is 103 cm³/mol. The van der Waals surface area contributed by atoms with E-state index in [4.69, 9.17) is 5.73 Å². The predicted octanol–water partition coefficient (Wildman–Crippen LogP) is 4.50. The molecular weight excluding hydrogens is 312 g/mol. The number of amides is 1. The van der Waals surface area contributed by atoms with Gasteiger partial charge in [-0.25, -0.2) is 0 Å². The molecule has 1 aliphatic carbocycles. The summed E-state index contributed by atoms with van der Waals surface area (Å²) in [6, 6.07) is 7.13. The minimum absolute atomic E-state index is 0.111. The lowest BCUT2D eigenvalue weighted by molar-refractivity contribution is -0.125. The van der Waals surface area contributed by atoms with Crippen LogP contribution in [0.1, 0.15) is 46.0 Å². The lowest BCUT2D eigenvalue weighted by Crippen LogP contribution is -2.22. The van der Waals surface area contributed by atoms with Crippen molar-refractivity contribution in [3.05, 3.63) is 48.1 Å². The summed E-state index contributed by atoms with van der Waals surface area (Å²) < 4.78 is 0. The maximum Gasteiger partial charge on any atom is 0.248 e. The van der Waals surface area contributed by atoms with Crippen LogP contribution in [0.5, 0.6) is 0 Å². The van der Waals surface area contributed by atoms with E-state index in [1.807, 2.05) is 32.1 Å². The van der Waals surface area contributed by atoms with Gasteiger partial charge in [-0.15, -0.1) is 0 Å². The molecule has 0 bridgehead atoms. The summed E-state index contributed by atoms with van der Waals surface area (Å²) in [7, 11) is 0. The number of nitrogen functional groups attached to an aromatic ring is 1. The second-order valence-corrected chi connectivity index (χ2v) is 6.85. The smallest absolute Gasteiger partial charge is 0.248 e. The number of benzene rings is 1. The van der Waals surface area contributed by atoms with Gasteiger partial charge in [-0.3, -0.25) is 9.59 Å². The maximum absolute atomic E-state index is 12.5. The number of hydrogen-bond donors (Lipinski definition) is 2. The summed E-state index contributed by atoms with van der Waals surface area (Å²) in [4.78, 5) is 24.5. The van der Waals surface area contributed by atoms with Crippen molar-refractivity contribution in [1.82, 2.24) is 0 Å². The SMILES string of the molecule is CC(/C=C/C(=O)Nc1ccccc1N)=C\C(C)C(=O)C1CCCCC1. The van der Waals surface area contributed by atoms with Gasteiger partial charge in [0.1, 0.15) is 5.78 Å². The van der Waals surface area contributed by atoms with E-state index in [-0.39, 0.29) is 17.7 Å². The number of ketones is 1. The monoisotopic (exact) mass is 340 g/mol. The average Bonchev–Trinajstić information content (AvgIpc) is 2.62. The summed E-state index contributed by atoms with van der Waals surface area (Å²) in [5, 5.41) is 2.75. The molecule has 0 spiro atoms. The highest BCUT2D eigenvalue weighted by molar-refractivity contribution is 6.01. The van der Waals surface area contributed by atoms with Crippen LogP contribution in [0.15, 0.2) is 48.1 Å². The highest BCUT2D eigenvalue weighted by Gasteiger charge is 2.24. The fraction of sp³-hybridized carbons (Fsp3) is 0.429. The van der Waals surface area contributed by atoms with Crippen LogP contribution in [0.4, 0.5) is 11.4 Å². The number of nitrogens with two attached hydrogens (primary N) is 1. The van der Waals surface area contributed by atoms with Crippen molar-refractivity contribution in [3.8, 4) is 0 Å². The molecule has 0 saturated heterocycles. The van der Waals surface area contributed by atoms with Crippen LogP contribution in [0.3, 0.4) is 0 Å². The Morgan fingerprint density at radius 3 is 2.52 bits per heavy atom. The Kier molecular flexibility index (Phi) is 6.99. The van der Waals surface area contributed by atoms with Crippen LogP contribution in [-0.2, 0) is 9.59 Å². The number of carbonyl (C=O) groups excluding carboxylic acids is 2. The maximum atomic E-state index is 12.5. The molecule has 1 fully saturated rings. The van der Waals surface area contributed by atoms with Crippen molar-refractivity contribution in [3.63, 3.8) is 0 Å². The summed E-state index contributed by atoms with van der Waals surface area (Å²) in [5.74, 6) is 0.188. The molecule has 2 rings (SSSR count). The fourth-order valence-corrected chi connectivity index (χ4v) is 3.28. The molecule has 0 aromatic heterocycles. The molecule has 1 amide bonds. The summed E-state index contributed by atoms with van der Waals surface area (Å²) >= 11 is 0. The zero-order valence-electron chi connectivity index (χ0n) is 15.1. The molecule has 0 aliphatic heterocycles. The number of carbonyl (C=O) groups is 2. The van der Waals surface area contributed by atoms with Gasteiger partial charge in [-0.2, -0.15) is 0 Å². The lowest BCUT2D eigenvalue weighted by atomic mass is 9.82. The zero-order chi connectivity index (χ0) is 18.2. The first-order valence-electron chi connectivity index (χ1n) is 9.03. The molecule has 134 valence electrons.